The van der Waals surface area contributed by atoms with Crippen LogP contribution in [0.2, 0.25) is 0 Å². The van der Waals surface area contributed by atoms with Crippen LogP contribution in [0.3, 0.4) is 0 Å². The number of carbonyl (C=O) groups excluding carboxylic acids is 1. The molecule has 1 rings (SSSR count). The van der Waals surface area contributed by atoms with E-state index in [2.05, 4.69) is 16.7 Å². The molecule has 1 aromatic carbocycles. The molecule has 0 spiro atoms. The van der Waals surface area contributed by atoms with Crippen LogP contribution in [-0.4, -0.2) is 12.1 Å². The molecule has 0 saturated heterocycles. The molecule has 5 heteroatoms. The van der Waals surface area contributed by atoms with Crippen LogP contribution in [0.25, 0.3) is 0 Å². The molecule has 1 radical (unpaired) electrons. The van der Waals surface area contributed by atoms with Gasteiger partial charge in [-0.05, 0) is 24.3 Å². The summed E-state index contributed by atoms with van der Waals surface area (Å²) in [5.74, 6) is -0.753. The zero-order chi connectivity index (χ0) is 9.68. The van der Waals surface area contributed by atoms with Crippen molar-refractivity contribution in [2.24, 2.45) is 5.10 Å². The molecule has 0 aliphatic carbocycles. The van der Waals surface area contributed by atoms with Gasteiger partial charge in [0.25, 0.3) is 5.91 Å². The first kappa shape index (κ1) is 13.4. The smallest absolute Gasteiger partial charge is 0.268 e. The third-order valence-electron chi connectivity index (χ3n) is 1.38. The van der Waals surface area contributed by atoms with Crippen LogP contribution in [0.4, 0.5) is 4.39 Å². The van der Waals surface area contributed by atoms with Crippen molar-refractivity contribution >= 4 is 12.1 Å². The number of amides is 1. The van der Waals surface area contributed by atoms with Crippen molar-refractivity contribution in [3.05, 3.63) is 35.6 Å². The van der Waals surface area contributed by atoms with Crippen LogP contribution in [0.1, 0.15) is 17.3 Å². The van der Waals surface area contributed by atoms with Crippen molar-refractivity contribution in [1.29, 1.82) is 0 Å². The Bertz CT molecular complexity index is 324. The zero-order valence-electron chi connectivity index (χ0n) is 7.62. The van der Waals surface area contributed by atoms with E-state index in [1.54, 1.807) is 6.92 Å². The summed E-state index contributed by atoms with van der Waals surface area (Å²) >= 11 is 0. The van der Waals surface area contributed by atoms with E-state index in [0.717, 1.165) is 0 Å². The molecule has 0 fully saturated rings. The van der Waals surface area contributed by atoms with Gasteiger partial charge in [-0.1, -0.05) is 0 Å². The minimum Gasteiger partial charge on any atom is -0.398 e. The van der Waals surface area contributed by atoms with Crippen LogP contribution in [-0.2, 0) is 32.7 Å². The van der Waals surface area contributed by atoms with Crippen LogP contribution in [0.15, 0.2) is 29.4 Å². The maximum atomic E-state index is 12.4. The topological polar surface area (TPSA) is 41.5 Å². The maximum Gasteiger partial charge on any atom is 0.268 e. The third-order valence-corrected chi connectivity index (χ3v) is 1.38. The molecule has 14 heavy (non-hydrogen) atoms. The Kier molecular flexibility index (Phi) is 6.50. The first-order chi connectivity index (χ1) is 6.24. The molecule has 1 aromatic rings. The van der Waals surface area contributed by atoms with Gasteiger partial charge in [-0.15, -0.1) is 0 Å². The van der Waals surface area contributed by atoms with Gasteiger partial charge in [-0.2, -0.15) is 6.92 Å². The van der Waals surface area contributed by atoms with Crippen LogP contribution in [0.5, 0.6) is 0 Å². The Morgan fingerprint density at radius 3 is 2.50 bits per heavy atom. The summed E-state index contributed by atoms with van der Waals surface area (Å²) in [4.78, 5) is 11.1. The summed E-state index contributed by atoms with van der Waals surface area (Å²) in [6.07, 6.45) is 2.40. The second-order valence-corrected chi connectivity index (χ2v) is 2.28. The first-order valence-electron chi connectivity index (χ1n) is 3.66. The van der Waals surface area contributed by atoms with E-state index < -0.39 is 0 Å². The van der Waals surface area contributed by atoms with Crippen LogP contribution in [0, 0.1) is 5.82 Å². The maximum absolute atomic E-state index is 12.4. The second kappa shape index (κ2) is 6.79. The van der Waals surface area contributed by atoms with Gasteiger partial charge >= 0.3 is 0 Å². The normalized spacial score (nSPS) is 9.57. The van der Waals surface area contributed by atoms with E-state index in [1.807, 2.05) is 0 Å². The Morgan fingerprint density at radius 1 is 1.43 bits per heavy atom. The summed E-state index contributed by atoms with van der Waals surface area (Å²) in [7, 11) is 0. The van der Waals surface area contributed by atoms with Crippen molar-refractivity contribution in [3.63, 3.8) is 0 Å². The van der Waals surface area contributed by atoms with E-state index in [1.165, 1.54) is 24.3 Å². The van der Waals surface area contributed by atoms with Crippen molar-refractivity contribution in [3.8, 4) is 0 Å². The van der Waals surface area contributed by atoms with Gasteiger partial charge in [0.1, 0.15) is 5.82 Å². The molecule has 0 aliphatic rings. The SMILES string of the molecule is C[C-]=NNC(=O)c1ccc([18F])cc1.[Y]. The molecule has 0 aliphatic heterocycles. The standard InChI is InChI=1S/C9H8FN2O.Y/c1-2-11-12-9(13)7-3-5-8(10)6-4-7;/h3-6H,1H3,(H,12,13);/q-1;/i10-1;. The summed E-state index contributed by atoms with van der Waals surface area (Å²) in [6.45, 7) is 1.56. The van der Waals surface area contributed by atoms with Gasteiger partial charge in [0, 0.05) is 38.3 Å². The zero-order valence-corrected chi connectivity index (χ0v) is 10.5. The first-order valence-corrected chi connectivity index (χ1v) is 3.66. The Balaban J connectivity index is 0.00000169. The van der Waals surface area contributed by atoms with E-state index in [0.29, 0.717) is 5.56 Å². The van der Waals surface area contributed by atoms with E-state index in [4.69, 9.17) is 0 Å². The molecule has 0 aromatic heterocycles. The molecule has 0 unspecified atom stereocenters. The number of hydrogen-bond acceptors (Lipinski definition) is 2. The molecular formula is C9H8FN2OY-. The monoisotopic (exact) mass is 267 g/mol. The number of nitrogens with zero attached hydrogens (tertiary/aromatic N) is 1. The van der Waals surface area contributed by atoms with Gasteiger partial charge in [-0.3, -0.25) is 10.2 Å². The van der Waals surface area contributed by atoms with Crippen molar-refractivity contribution in [2.75, 3.05) is 0 Å². The van der Waals surface area contributed by atoms with Gasteiger partial charge in [0.05, 0.1) is 0 Å². The predicted octanol–water partition coefficient (Wildman–Crippen LogP) is 1.44. The van der Waals surface area contributed by atoms with Crippen molar-refractivity contribution in [1.82, 2.24) is 5.43 Å². The summed E-state index contributed by atoms with van der Waals surface area (Å²) in [6, 6.07) is 5.20. The van der Waals surface area contributed by atoms with Gasteiger partial charge in [-0.25, -0.2) is 4.39 Å². The van der Waals surface area contributed by atoms with Crippen molar-refractivity contribution < 1.29 is 41.9 Å². The average molecular weight is 267 g/mol. The average Bonchev–Trinajstić information content (AvgIpc) is 2.15. The fourth-order valence-corrected chi connectivity index (χ4v) is 0.772. The van der Waals surface area contributed by atoms with E-state index >= 15 is 0 Å². The quantitative estimate of drug-likeness (QED) is 0.491. The van der Waals surface area contributed by atoms with Crippen molar-refractivity contribution in [2.45, 2.75) is 6.92 Å². The van der Waals surface area contributed by atoms with E-state index in [9.17, 15) is 9.18 Å². The predicted molar refractivity (Wildman–Crippen MR) is 47.0 cm³/mol. The minimum absolute atomic E-state index is 0. The molecule has 1 N–H and O–H groups in total. The molecule has 0 bridgehead atoms. The second-order valence-electron chi connectivity index (χ2n) is 2.28. The third kappa shape index (κ3) is 4.07. The Labute approximate surface area is 107 Å². The number of carbonyl (C=O) groups is 1. The fraction of sp³-hybridized carbons (Fsp3) is 0.111. The summed E-state index contributed by atoms with van der Waals surface area (Å²) in [5.41, 5.74) is 2.58. The fourth-order valence-electron chi connectivity index (χ4n) is 0.772. The molecule has 0 heterocycles. The summed E-state index contributed by atoms with van der Waals surface area (Å²) < 4.78 is 12.4. The van der Waals surface area contributed by atoms with Gasteiger partial charge in [0.2, 0.25) is 0 Å². The molecule has 1 amide bonds. The molecule has 0 atom stereocenters. The molecule has 0 saturated carbocycles. The van der Waals surface area contributed by atoms with Crippen LogP contribution >= 0.6 is 0 Å². The number of hydrogen-bond donors (Lipinski definition) is 1. The molecule has 71 valence electrons. The Morgan fingerprint density at radius 2 is 2.00 bits per heavy atom. The summed E-state index contributed by atoms with van der Waals surface area (Å²) in [5, 5.41) is 3.43. The van der Waals surface area contributed by atoms with Gasteiger partial charge < -0.3 is 11.3 Å². The molecular weight excluding hydrogens is 259 g/mol. The number of halogens is 1. The number of hydrazone groups is 1. The van der Waals surface area contributed by atoms with E-state index in [-0.39, 0.29) is 44.4 Å². The number of rotatable bonds is 2. The largest absolute Gasteiger partial charge is 0.398 e. The number of nitrogens with one attached hydrogen (secondary N) is 1. The minimum atomic E-state index is -0.380. The van der Waals surface area contributed by atoms with Crippen LogP contribution < -0.4 is 5.43 Å². The van der Waals surface area contributed by atoms with Gasteiger partial charge in [0.15, 0.2) is 0 Å². The number of benzene rings is 1. The Hall–Kier alpha value is -0.606. The molecule has 3 nitrogen and oxygen atoms in total.